The van der Waals surface area contributed by atoms with Crippen molar-refractivity contribution in [1.82, 2.24) is 29.2 Å². The summed E-state index contributed by atoms with van der Waals surface area (Å²) in [5, 5.41) is 4.30. The van der Waals surface area contributed by atoms with Gasteiger partial charge < -0.3 is 4.90 Å². The van der Waals surface area contributed by atoms with Gasteiger partial charge in [-0.2, -0.15) is 5.10 Å². The molecule has 0 aromatic carbocycles. The Morgan fingerprint density at radius 2 is 2.19 bits per heavy atom. The molecule has 0 saturated carbocycles. The lowest BCUT2D eigenvalue weighted by molar-refractivity contribution is 0.0700. The largest absolute Gasteiger partial charge is 0.346 e. The molecular formula is C13H16N6O2. The van der Waals surface area contributed by atoms with Crippen LogP contribution in [0.3, 0.4) is 0 Å². The summed E-state index contributed by atoms with van der Waals surface area (Å²) in [6, 6.07) is 0. The first-order chi connectivity index (χ1) is 10.2. The third kappa shape index (κ3) is 2.44. The fourth-order valence-corrected chi connectivity index (χ4v) is 2.40. The van der Waals surface area contributed by atoms with Crippen LogP contribution in [-0.2, 0) is 19.6 Å². The van der Waals surface area contributed by atoms with Crippen molar-refractivity contribution >= 4 is 5.91 Å². The van der Waals surface area contributed by atoms with Gasteiger partial charge in [-0.3, -0.25) is 14.3 Å². The third-order valence-corrected chi connectivity index (χ3v) is 3.43. The van der Waals surface area contributed by atoms with Crippen molar-refractivity contribution in [3.05, 3.63) is 40.6 Å². The number of hydrogen-bond donors (Lipinski definition) is 0. The zero-order valence-electron chi connectivity index (χ0n) is 11.8. The molecule has 1 aliphatic heterocycles. The highest BCUT2D eigenvalue weighted by Crippen LogP contribution is 2.11. The quantitative estimate of drug-likeness (QED) is 0.787. The summed E-state index contributed by atoms with van der Waals surface area (Å²) in [7, 11) is 0. The first-order valence-corrected chi connectivity index (χ1v) is 6.92. The maximum Gasteiger partial charge on any atom is 0.346 e. The SMILES string of the molecule is CCCn1nc2n(c1=O)CCN(C(=O)c1cnccn1)C2. The van der Waals surface area contributed by atoms with E-state index in [0.29, 0.717) is 37.7 Å². The minimum absolute atomic E-state index is 0.0987. The molecule has 110 valence electrons. The number of hydrogen-bond acceptors (Lipinski definition) is 5. The van der Waals surface area contributed by atoms with Crippen molar-refractivity contribution in [2.45, 2.75) is 33.0 Å². The summed E-state index contributed by atoms with van der Waals surface area (Å²) in [6.45, 7) is 3.84. The molecule has 2 aromatic heterocycles. The number of amides is 1. The van der Waals surface area contributed by atoms with Crippen LogP contribution in [0, 0.1) is 0 Å². The van der Waals surface area contributed by atoms with Gasteiger partial charge in [-0.1, -0.05) is 6.92 Å². The van der Waals surface area contributed by atoms with Gasteiger partial charge in [-0.25, -0.2) is 14.5 Å². The third-order valence-electron chi connectivity index (χ3n) is 3.43. The normalized spacial score (nSPS) is 14.0. The number of fused-ring (bicyclic) bond motifs is 1. The lowest BCUT2D eigenvalue weighted by Crippen LogP contribution is -2.41. The molecule has 8 nitrogen and oxygen atoms in total. The Morgan fingerprint density at radius 3 is 2.90 bits per heavy atom. The molecule has 1 amide bonds. The Bertz CT molecular complexity index is 705. The van der Waals surface area contributed by atoms with E-state index in [9.17, 15) is 9.59 Å². The molecular weight excluding hydrogens is 272 g/mol. The van der Waals surface area contributed by atoms with Crippen LogP contribution in [0.25, 0.3) is 0 Å². The molecule has 2 aromatic rings. The molecule has 0 bridgehead atoms. The summed E-state index contributed by atoms with van der Waals surface area (Å²) in [6.07, 6.45) is 5.30. The lowest BCUT2D eigenvalue weighted by Gasteiger charge is -2.26. The number of carbonyl (C=O) groups excluding carboxylic acids is 1. The van der Waals surface area contributed by atoms with Gasteiger partial charge in [-0.15, -0.1) is 0 Å². The minimum Gasteiger partial charge on any atom is -0.328 e. The Labute approximate surface area is 121 Å². The highest BCUT2D eigenvalue weighted by Gasteiger charge is 2.26. The smallest absolute Gasteiger partial charge is 0.328 e. The fraction of sp³-hybridized carbons (Fsp3) is 0.462. The van der Waals surface area contributed by atoms with E-state index in [1.54, 1.807) is 9.47 Å². The van der Waals surface area contributed by atoms with Crippen LogP contribution in [0.1, 0.15) is 29.7 Å². The highest BCUT2D eigenvalue weighted by atomic mass is 16.2. The van der Waals surface area contributed by atoms with Crippen LogP contribution in [0.15, 0.2) is 23.4 Å². The zero-order chi connectivity index (χ0) is 14.8. The van der Waals surface area contributed by atoms with E-state index in [1.807, 2.05) is 6.92 Å². The van der Waals surface area contributed by atoms with Gasteiger partial charge in [0.2, 0.25) is 0 Å². The second kappa shape index (κ2) is 5.47. The van der Waals surface area contributed by atoms with E-state index in [4.69, 9.17) is 0 Å². The van der Waals surface area contributed by atoms with E-state index in [-0.39, 0.29) is 11.6 Å². The van der Waals surface area contributed by atoms with Gasteiger partial charge in [0.15, 0.2) is 5.82 Å². The van der Waals surface area contributed by atoms with E-state index in [1.165, 1.54) is 23.3 Å². The van der Waals surface area contributed by atoms with Crippen LogP contribution in [0.5, 0.6) is 0 Å². The molecule has 0 saturated heterocycles. The molecule has 0 spiro atoms. The Morgan fingerprint density at radius 1 is 1.33 bits per heavy atom. The molecule has 1 aliphatic rings. The first kappa shape index (κ1) is 13.5. The maximum atomic E-state index is 12.3. The van der Waals surface area contributed by atoms with Crippen molar-refractivity contribution < 1.29 is 4.79 Å². The summed E-state index contributed by atoms with van der Waals surface area (Å²) >= 11 is 0. The van der Waals surface area contributed by atoms with Gasteiger partial charge in [0.05, 0.1) is 12.7 Å². The topological polar surface area (TPSA) is 85.9 Å². The summed E-state index contributed by atoms with van der Waals surface area (Å²) in [5.74, 6) is 0.434. The number of nitrogens with zero attached hydrogens (tertiary/aromatic N) is 6. The van der Waals surface area contributed by atoms with Crippen molar-refractivity contribution in [2.24, 2.45) is 0 Å². The highest BCUT2D eigenvalue weighted by molar-refractivity contribution is 5.91. The minimum atomic E-state index is -0.188. The molecule has 0 radical (unpaired) electrons. The van der Waals surface area contributed by atoms with E-state index >= 15 is 0 Å². The van der Waals surface area contributed by atoms with Crippen molar-refractivity contribution in [1.29, 1.82) is 0 Å². The van der Waals surface area contributed by atoms with E-state index in [2.05, 4.69) is 15.1 Å². The van der Waals surface area contributed by atoms with Gasteiger partial charge in [0.25, 0.3) is 5.91 Å². The van der Waals surface area contributed by atoms with Crippen molar-refractivity contribution in [3.8, 4) is 0 Å². The van der Waals surface area contributed by atoms with Gasteiger partial charge >= 0.3 is 5.69 Å². The Balaban J connectivity index is 1.83. The van der Waals surface area contributed by atoms with Gasteiger partial charge in [-0.05, 0) is 6.42 Å². The summed E-state index contributed by atoms with van der Waals surface area (Å²) < 4.78 is 3.10. The first-order valence-electron chi connectivity index (χ1n) is 6.92. The molecule has 21 heavy (non-hydrogen) atoms. The van der Waals surface area contributed by atoms with Crippen LogP contribution >= 0.6 is 0 Å². The summed E-state index contributed by atoms with van der Waals surface area (Å²) in [4.78, 5) is 34.0. The number of rotatable bonds is 3. The molecule has 3 rings (SSSR count). The van der Waals surface area contributed by atoms with E-state index in [0.717, 1.165) is 6.42 Å². The predicted octanol–water partition coefficient (Wildman–Crippen LogP) is -0.0992. The second-order valence-corrected chi connectivity index (χ2v) is 4.89. The monoisotopic (exact) mass is 288 g/mol. The van der Waals surface area contributed by atoms with Crippen LogP contribution < -0.4 is 5.69 Å². The van der Waals surface area contributed by atoms with Crippen LogP contribution in [0.2, 0.25) is 0 Å². The zero-order valence-corrected chi connectivity index (χ0v) is 11.8. The van der Waals surface area contributed by atoms with Crippen molar-refractivity contribution in [2.75, 3.05) is 6.54 Å². The molecule has 0 fully saturated rings. The molecule has 0 unspecified atom stereocenters. The standard InChI is InChI=1S/C13H16N6O2/c1-2-5-19-13(21)18-7-6-17(9-11(18)16-19)12(20)10-8-14-3-4-15-10/h3-4,8H,2,5-7,9H2,1H3. The van der Waals surface area contributed by atoms with Gasteiger partial charge in [0, 0.05) is 32.0 Å². The predicted molar refractivity (Wildman–Crippen MR) is 73.6 cm³/mol. The molecule has 0 aliphatic carbocycles. The molecule has 0 atom stereocenters. The van der Waals surface area contributed by atoms with Crippen LogP contribution in [0.4, 0.5) is 0 Å². The number of aryl methyl sites for hydroxylation is 1. The fourth-order valence-electron chi connectivity index (χ4n) is 2.40. The maximum absolute atomic E-state index is 12.3. The lowest BCUT2D eigenvalue weighted by atomic mass is 10.3. The van der Waals surface area contributed by atoms with Crippen molar-refractivity contribution in [3.63, 3.8) is 0 Å². The molecule has 0 N–H and O–H groups in total. The average Bonchev–Trinajstić information content (AvgIpc) is 2.84. The second-order valence-electron chi connectivity index (χ2n) is 4.89. The number of aromatic nitrogens is 5. The van der Waals surface area contributed by atoms with Crippen LogP contribution in [-0.4, -0.2) is 41.7 Å². The number of carbonyl (C=O) groups is 1. The Hall–Kier alpha value is -2.51. The Kier molecular flexibility index (Phi) is 3.51. The van der Waals surface area contributed by atoms with E-state index < -0.39 is 0 Å². The molecule has 3 heterocycles. The molecule has 8 heteroatoms. The summed E-state index contributed by atoms with van der Waals surface area (Å²) in [5.41, 5.74) is 0.208. The van der Waals surface area contributed by atoms with Gasteiger partial charge in [0.1, 0.15) is 5.69 Å². The average molecular weight is 288 g/mol.